The smallest absolute Gasteiger partial charge is 0.246 e. The van der Waals surface area contributed by atoms with Crippen molar-refractivity contribution in [3.8, 4) is 0 Å². The Morgan fingerprint density at radius 1 is 1.26 bits per heavy atom. The minimum atomic E-state index is -0.209. The summed E-state index contributed by atoms with van der Waals surface area (Å²) in [6.45, 7) is 1.11. The highest BCUT2D eigenvalue weighted by Gasteiger charge is 2.29. The van der Waals surface area contributed by atoms with Crippen molar-refractivity contribution in [1.82, 2.24) is 5.32 Å². The molecule has 0 saturated heterocycles. The Balaban J connectivity index is 1.62. The molecule has 0 bridgehead atoms. The van der Waals surface area contributed by atoms with Crippen molar-refractivity contribution in [3.63, 3.8) is 0 Å². The van der Waals surface area contributed by atoms with Crippen LogP contribution in [0.2, 0.25) is 0 Å². The second-order valence-corrected chi connectivity index (χ2v) is 5.32. The summed E-state index contributed by atoms with van der Waals surface area (Å²) in [5.74, 6) is -0.0922. The van der Waals surface area contributed by atoms with Gasteiger partial charge in [-0.3, -0.25) is 4.79 Å². The zero-order chi connectivity index (χ0) is 13.6. The summed E-state index contributed by atoms with van der Waals surface area (Å²) in [6, 6.07) is 9.83. The minimum Gasteiger partial charge on any atom is -0.370 e. The van der Waals surface area contributed by atoms with Crippen LogP contribution in [0.25, 0.3) is 0 Å². The number of hydrogen-bond donors (Lipinski definition) is 2. The minimum absolute atomic E-state index is 0.0891. The predicted molar refractivity (Wildman–Crippen MR) is 74.5 cm³/mol. The van der Waals surface area contributed by atoms with Gasteiger partial charge in [0.05, 0.1) is 6.61 Å². The van der Waals surface area contributed by atoms with Gasteiger partial charge in [-0.2, -0.15) is 0 Å². The normalized spacial score (nSPS) is 17.3. The molecule has 0 spiro atoms. The van der Waals surface area contributed by atoms with Crippen molar-refractivity contribution in [2.45, 2.75) is 37.8 Å². The average Bonchev–Trinajstić information content (AvgIpc) is 2.85. The summed E-state index contributed by atoms with van der Waals surface area (Å²) < 4.78 is 5.43. The Bertz CT molecular complexity index is 400. The number of carbonyl (C=O) groups excluding carboxylic acids is 1. The molecule has 0 unspecified atom stereocenters. The number of ether oxygens (including phenoxy) is 1. The lowest BCUT2D eigenvalue weighted by Crippen LogP contribution is -2.42. The average molecular weight is 262 g/mol. The molecule has 1 fully saturated rings. The fourth-order valence-electron chi connectivity index (χ4n) is 2.42. The zero-order valence-electron chi connectivity index (χ0n) is 11.2. The Morgan fingerprint density at radius 2 is 1.95 bits per heavy atom. The molecule has 19 heavy (non-hydrogen) atoms. The molecule has 4 heteroatoms. The number of rotatable bonds is 6. The zero-order valence-corrected chi connectivity index (χ0v) is 11.2. The van der Waals surface area contributed by atoms with E-state index < -0.39 is 0 Å². The maximum atomic E-state index is 11.6. The molecule has 104 valence electrons. The van der Waals surface area contributed by atoms with Crippen LogP contribution in [-0.4, -0.2) is 24.7 Å². The van der Waals surface area contributed by atoms with E-state index in [0.29, 0.717) is 13.2 Å². The van der Waals surface area contributed by atoms with E-state index in [-0.39, 0.29) is 18.1 Å². The number of nitrogens with one attached hydrogen (secondary N) is 1. The van der Waals surface area contributed by atoms with E-state index in [1.807, 2.05) is 30.3 Å². The van der Waals surface area contributed by atoms with Crippen molar-refractivity contribution in [1.29, 1.82) is 0 Å². The van der Waals surface area contributed by atoms with Crippen LogP contribution < -0.4 is 11.1 Å². The quantitative estimate of drug-likeness (QED) is 0.818. The number of carbonyl (C=O) groups is 1. The van der Waals surface area contributed by atoms with E-state index in [4.69, 9.17) is 10.5 Å². The molecule has 3 N–H and O–H groups in total. The SMILES string of the molecule is NC1(COCC(=O)NCc2ccccc2)CCCC1. The van der Waals surface area contributed by atoms with Gasteiger partial charge >= 0.3 is 0 Å². The van der Waals surface area contributed by atoms with Crippen LogP contribution in [0, 0.1) is 0 Å². The first-order valence-corrected chi connectivity index (χ1v) is 6.85. The molecule has 0 heterocycles. The van der Waals surface area contributed by atoms with Gasteiger partial charge in [0.15, 0.2) is 0 Å². The van der Waals surface area contributed by atoms with Crippen molar-refractivity contribution in [2.75, 3.05) is 13.2 Å². The van der Waals surface area contributed by atoms with E-state index in [1.54, 1.807) is 0 Å². The largest absolute Gasteiger partial charge is 0.370 e. The van der Waals surface area contributed by atoms with Gasteiger partial charge in [-0.15, -0.1) is 0 Å². The van der Waals surface area contributed by atoms with Gasteiger partial charge in [0.1, 0.15) is 6.61 Å². The van der Waals surface area contributed by atoms with Gasteiger partial charge < -0.3 is 15.8 Å². The maximum absolute atomic E-state index is 11.6. The van der Waals surface area contributed by atoms with Gasteiger partial charge in [-0.1, -0.05) is 43.2 Å². The van der Waals surface area contributed by atoms with E-state index in [2.05, 4.69) is 5.32 Å². The van der Waals surface area contributed by atoms with E-state index in [0.717, 1.165) is 18.4 Å². The van der Waals surface area contributed by atoms with Crippen molar-refractivity contribution < 1.29 is 9.53 Å². The van der Waals surface area contributed by atoms with Crippen LogP contribution in [-0.2, 0) is 16.1 Å². The molecule has 1 aliphatic rings. The molecule has 1 aromatic rings. The number of hydrogen-bond acceptors (Lipinski definition) is 3. The van der Waals surface area contributed by atoms with Gasteiger partial charge in [0, 0.05) is 12.1 Å². The molecule has 4 nitrogen and oxygen atoms in total. The molecule has 1 saturated carbocycles. The highest BCUT2D eigenvalue weighted by molar-refractivity contribution is 5.77. The lowest BCUT2D eigenvalue weighted by atomic mass is 10.0. The molecule has 0 radical (unpaired) electrons. The predicted octanol–water partition coefficient (Wildman–Crippen LogP) is 1.59. The third-order valence-electron chi connectivity index (χ3n) is 3.55. The van der Waals surface area contributed by atoms with Gasteiger partial charge in [-0.05, 0) is 18.4 Å². The standard InChI is InChI=1S/C15H22N2O2/c16-15(8-4-5-9-15)12-19-11-14(18)17-10-13-6-2-1-3-7-13/h1-3,6-7H,4-5,8-12,16H2,(H,17,18). The Kier molecular flexibility index (Phi) is 4.93. The first kappa shape index (κ1) is 14.0. The van der Waals surface area contributed by atoms with Crippen LogP contribution in [0.1, 0.15) is 31.2 Å². The number of nitrogens with two attached hydrogens (primary N) is 1. The summed E-state index contributed by atoms with van der Waals surface area (Å²) in [6.07, 6.45) is 4.33. The maximum Gasteiger partial charge on any atom is 0.246 e. The molecule has 0 aromatic heterocycles. The summed E-state index contributed by atoms with van der Waals surface area (Å²) in [5.41, 5.74) is 7.03. The number of amides is 1. The topological polar surface area (TPSA) is 64.3 Å². The monoisotopic (exact) mass is 262 g/mol. The molecule has 1 amide bonds. The first-order valence-electron chi connectivity index (χ1n) is 6.85. The highest BCUT2D eigenvalue weighted by Crippen LogP contribution is 2.27. The summed E-state index contributed by atoms with van der Waals surface area (Å²) in [5, 5.41) is 2.83. The highest BCUT2D eigenvalue weighted by atomic mass is 16.5. The second-order valence-electron chi connectivity index (χ2n) is 5.32. The van der Waals surface area contributed by atoms with E-state index in [9.17, 15) is 4.79 Å². The third-order valence-corrected chi connectivity index (χ3v) is 3.55. The summed E-state index contributed by atoms with van der Waals surface area (Å²) in [4.78, 5) is 11.6. The number of benzene rings is 1. The molecule has 0 atom stereocenters. The van der Waals surface area contributed by atoms with Gasteiger partial charge in [-0.25, -0.2) is 0 Å². The fourth-order valence-corrected chi connectivity index (χ4v) is 2.42. The van der Waals surface area contributed by atoms with Crippen LogP contribution in [0.4, 0.5) is 0 Å². The first-order chi connectivity index (χ1) is 9.18. The van der Waals surface area contributed by atoms with Crippen LogP contribution in [0.5, 0.6) is 0 Å². The molecule has 1 aromatic carbocycles. The molecule has 1 aliphatic carbocycles. The second kappa shape index (κ2) is 6.68. The van der Waals surface area contributed by atoms with Crippen molar-refractivity contribution in [3.05, 3.63) is 35.9 Å². The lowest BCUT2D eigenvalue weighted by molar-refractivity contribution is -0.126. The Morgan fingerprint density at radius 3 is 2.63 bits per heavy atom. The summed E-state index contributed by atoms with van der Waals surface area (Å²) >= 11 is 0. The Labute approximate surface area is 114 Å². The van der Waals surface area contributed by atoms with E-state index >= 15 is 0 Å². The lowest BCUT2D eigenvalue weighted by Gasteiger charge is -2.22. The molecule has 0 aliphatic heterocycles. The van der Waals surface area contributed by atoms with Crippen LogP contribution in [0.15, 0.2) is 30.3 Å². The fraction of sp³-hybridized carbons (Fsp3) is 0.533. The summed E-state index contributed by atoms with van der Waals surface area (Å²) in [7, 11) is 0. The van der Waals surface area contributed by atoms with Crippen molar-refractivity contribution >= 4 is 5.91 Å². The molecular formula is C15H22N2O2. The van der Waals surface area contributed by atoms with E-state index in [1.165, 1.54) is 12.8 Å². The van der Waals surface area contributed by atoms with Crippen LogP contribution in [0.3, 0.4) is 0 Å². The Hall–Kier alpha value is -1.39. The van der Waals surface area contributed by atoms with Gasteiger partial charge in [0.25, 0.3) is 0 Å². The van der Waals surface area contributed by atoms with Crippen LogP contribution >= 0.6 is 0 Å². The van der Waals surface area contributed by atoms with Gasteiger partial charge in [0.2, 0.25) is 5.91 Å². The third kappa shape index (κ3) is 4.65. The van der Waals surface area contributed by atoms with Crippen molar-refractivity contribution in [2.24, 2.45) is 5.73 Å². The molecular weight excluding hydrogens is 240 g/mol. The molecule has 2 rings (SSSR count).